The van der Waals surface area contributed by atoms with Crippen LogP contribution in [0.25, 0.3) is 11.3 Å². The van der Waals surface area contributed by atoms with E-state index in [1.165, 1.54) is 35.6 Å². The highest BCUT2D eigenvalue weighted by Gasteiger charge is 2.13. The van der Waals surface area contributed by atoms with Crippen LogP contribution in [0.15, 0.2) is 47.8 Å². The number of hydrogen-bond donors (Lipinski definition) is 2. The van der Waals surface area contributed by atoms with Gasteiger partial charge in [-0.05, 0) is 6.07 Å². The van der Waals surface area contributed by atoms with Gasteiger partial charge in [0.15, 0.2) is 5.13 Å². The van der Waals surface area contributed by atoms with E-state index < -0.39 is 15.8 Å². The van der Waals surface area contributed by atoms with Gasteiger partial charge in [0.1, 0.15) is 0 Å². The first-order valence-electron chi connectivity index (χ1n) is 8.01. The van der Waals surface area contributed by atoms with E-state index in [1.807, 2.05) is 0 Å². The SMILES string of the molecule is O=C(CNc1nc(-c2cccc([N+](=O)[O-])c2)cs1)Nc1ccc([N+](=O)[O-])cc1Cl. The number of aromatic nitrogens is 1. The number of non-ortho nitro benzene ring substituents is 2. The lowest BCUT2D eigenvalue weighted by atomic mass is 10.1. The molecule has 1 amide bonds. The van der Waals surface area contributed by atoms with Crippen molar-refractivity contribution in [3.05, 3.63) is 73.1 Å². The molecule has 0 bridgehead atoms. The van der Waals surface area contributed by atoms with Gasteiger partial charge in [-0.2, -0.15) is 0 Å². The quantitative estimate of drug-likeness (QED) is 0.417. The number of nitrogens with zero attached hydrogens (tertiary/aromatic N) is 3. The van der Waals surface area contributed by atoms with Crippen molar-refractivity contribution in [1.29, 1.82) is 0 Å². The van der Waals surface area contributed by atoms with Crippen LogP contribution in [0.2, 0.25) is 5.02 Å². The molecule has 0 aliphatic carbocycles. The Morgan fingerprint density at radius 3 is 2.52 bits per heavy atom. The fraction of sp³-hybridized carbons (Fsp3) is 0.0588. The van der Waals surface area contributed by atoms with Gasteiger partial charge in [-0.25, -0.2) is 4.98 Å². The fourth-order valence-electron chi connectivity index (χ4n) is 2.34. The number of rotatable bonds is 7. The molecule has 0 aliphatic heterocycles. The molecule has 3 aromatic rings. The molecule has 0 radical (unpaired) electrons. The summed E-state index contributed by atoms with van der Waals surface area (Å²) in [5.41, 5.74) is 1.16. The zero-order valence-corrected chi connectivity index (χ0v) is 16.1. The molecule has 0 fully saturated rings. The highest BCUT2D eigenvalue weighted by atomic mass is 35.5. The van der Waals surface area contributed by atoms with E-state index in [2.05, 4.69) is 15.6 Å². The van der Waals surface area contributed by atoms with Crippen molar-refractivity contribution < 1.29 is 14.6 Å². The minimum atomic E-state index is -0.583. The summed E-state index contributed by atoms with van der Waals surface area (Å²) in [5, 5.41) is 29.2. The second-order valence-electron chi connectivity index (χ2n) is 5.67. The Morgan fingerprint density at radius 1 is 1.10 bits per heavy atom. The largest absolute Gasteiger partial charge is 0.352 e. The van der Waals surface area contributed by atoms with E-state index in [0.29, 0.717) is 16.4 Å². The molecule has 0 saturated heterocycles. The van der Waals surface area contributed by atoms with Crippen LogP contribution in [0.4, 0.5) is 22.2 Å². The minimum absolute atomic E-state index is 0.0376. The Bertz CT molecular complexity index is 1100. The van der Waals surface area contributed by atoms with E-state index >= 15 is 0 Å². The number of nitro benzene ring substituents is 2. The second kappa shape index (κ2) is 8.63. The molecule has 10 nitrogen and oxygen atoms in total. The molecule has 2 aromatic carbocycles. The Morgan fingerprint density at radius 2 is 1.83 bits per heavy atom. The number of thiazole rings is 1. The third-order valence-corrected chi connectivity index (χ3v) is 4.81. The lowest BCUT2D eigenvalue weighted by Gasteiger charge is -2.07. The molecule has 1 heterocycles. The summed E-state index contributed by atoms with van der Waals surface area (Å²) in [6, 6.07) is 9.82. The highest BCUT2D eigenvalue weighted by Crippen LogP contribution is 2.28. The van der Waals surface area contributed by atoms with Crippen molar-refractivity contribution in [2.24, 2.45) is 0 Å². The van der Waals surface area contributed by atoms with Crippen LogP contribution in [0.3, 0.4) is 0 Å². The van der Waals surface area contributed by atoms with Crippen molar-refractivity contribution in [3.63, 3.8) is 0 Å². The molecule has 0 aliphatic rings. The first-order valence-corrected chi connectivity index (χ1v) is 9.27. The van der Waals surface area contributed by atoms with Crippen LogP contribution < -0.4 is 10.6 Å². The average molecular weight is 434 g/mol. The number of carbonyl (C=O) groups is 1. The van der Waals surface area contributed by atoms with Gasteiger partial charge in [-0.3, -0.25) is 25.0 Å². The maximum Gasteiger partial charge on any atom is 0.271 e. The molecule has 29 heavy (non-hydrogen) atoms. The molecule has 12 heteroatoms. The van der Waals surface area contributed by atoms with Gasteiger partial charge in [-0.1, -0.05) is 23.7 Å². The zero-order valence-electron chi connectivity index (χ0n) is 14.5. The van der Waals surface area contributed by atoms with E-state index in [-0.39, 0.29) is 28.6 Å². The lowest BCUT2D eigenvalue weighted by Crippen LogP contribution is -2.21. The predicted molar refractivity (Wildman–Crippen MR) is 109 cm³/mol. The lowest BCUT2D eigenvalue weighted by molar-refractivity contribution is -0.385. The molecule has 3 rings (SSSR count). The Hall–Kier alpha value is -3.57. The molecule has 0 spiro atoms. The molecule has 0 unspecified atom stereocenters. The number of carbonyl (C=O) groups excluding carboxylic acids is 1. The summed E-state index contributed by atoms with van der Waals surface area (Å²) in [6.07, 6.45) is 0. The van der Waals surface area contributed by atoms with E-state index in [0.717, 1.165) is 6.07 Å². The summed E-state index contributed by atoms with van der Waals surface area (Å²) in [7, 11) is 0. The predicted octanol–water partition coefficient (Wildman–Crippen LogP) is 4.33. The van der Waals surface area contributed by atoms with Crippen LogP contribution in [0.1, 0.15) is 0 Å². The number of halogens is 1. The fourth-order valence-corrected chi connectivity index (χ4v) is 3.28. The van der Waals surface area contributed by atoms with Gasteiger partial charge < -0.3 is 10.6 Å². The van der Waals surface area contributed by atoms with Crippen LogP contribution in [0, 0.1) is 20.2 Å². The molecular formula is C17H12ClN5O5S. The molecule has 0 saturated carbocycles. The molecule has 148 valence electrons. The van der Waals surface area contributed by atoms with Crippen molar-refractivity contribution in [1.82, 2.24) is 4.98 Å². The Balaban J connectivity index is 1.61. The third kappa shape index (κ3) is 5.03. The Labute approximate surface area is 172 Å². The number of hydrogen-bond acceptors (Lipinski definition) is 8. The van der Waals surface area contributed by atoms with Gasteiger partial charge in [0.05, 0.1) is 32.8 Å². The van der Waals surface area contributed by atoms with E-state index in [4.69, 9.17) is 11.6 Å². The van der Waals surface area contributed by atoms with Crippen molar-refractivity contribution >= 4 is 51.0 Å². The van der Waals surface area contributed by atoms with Gasteiger partial charge in [0, 0.05) is 35.2 Å². The van der Waals surface area contributed by atoms with Crippen LogP contribution in [0.5, 0.6) is 0 Å². The first kappa shape index (κ1) is 20.2. The van der Waals surface area contributed by atoms with Gasteiger partial charge >= 0.3 is 0 Å². The maximum atomic E-state index is 12.1. The average Bonchev–Trinajstić information content (AvgIpc) is 3.17. The maximum absolute atomic E-state index is 12.1. The van der Waals surface area contributed by atoms with Crippen molar-refractivity contribution in [2.45, 2.75) is 0 Å². The monoisotopic (exact) mass is 433 g/mol. The number of nitrogens with one attached hydrogen (secondary N) is 2. The first-order chi connectivity index (χ1) is 13.8. The van der Waals surface area contributed by atoms with Gasteiger partial charge in [0.2, 0.25) is 5.91 Å². The van der Waals surface area contributed by atoms with Gasteiger partial charge in [-0.15, -0.1) is 11.3 Å². The minimum Gasteiger partial charge on any atom is -0.352 e. The number of anilines is 2. The molecule has 1 aromatic heterocycles. The summed E-state index contributed by atoms with van der Waals surface area (Å²) in [5.74, 6) is -0.423. The van der Waals surface area contributed by atoms with Crippen LogP contribution in [-0.4, -0.2) is 27.3 Å². The Kier molecular flexibility index (Phi) is 6.00. The summed E-state index contributed by atoms with van der Waals surface area (Å²) >= 11 is 7.19. The number of amides is 1. The number of benzene rings is 2. The standard InChI is InChI=1S/C17H12ClN5O5S/c18-13-7-12(23(27)28)4-5-14(13)20-16(24)8-19-17-21-15(9-29-17)10-2-1-3-11(6-10)22(25)26/h1-7,9H,8H2,(H,19,21)(H,20,24). The summed E-state index contributed by atoms with van der Waals surface area (Å²) in [4.78, 5) is 36.9. The normalized spacial score (nSPS) is 10.4. The van der Waals surface area contributed by atoms with E-state index in [9.17, 15) is 25.0 Å². The highest BCUT2D eigenvalue weighted by molar-refractivity contribution is 7.14. The summed E-state index contributed by atoms with van der Waals surface area (Å²) < 4.78 is 0. The van der Waals surface area contributed by atoms with Gasteiger partial charge in [0.25, 0.3) is 11.4 Å². The summed E-state index contributed by atoms with van der Waals surface area (Å²) in [6.45, 7) is -0.116. The second-order valence-corrected chi connectivity index (χ2v) is 6.93. The third-order valence-electron chi connectivity index (χ3n) is 3.69. The van der Waals surface area contributed by atoms with Crippen LogP contribution >= 0.6 is 22.9 Å². The molecular weight excluding hydrogens is 422 g/mol. The van der Waals surface area contributed by atoms with Crippen molar-refractivity contribution in [2.75, 3.05) is 17.2 Å². The number of nitro groups is 2. The smallest absolute Gasteiger partial charge is 0.271 e. The van der Waals surface area contributed by atoms with Crippen LogP contribution in [-0.2, 0) is 4.79 Å². The van der Waals surface area contributed by atoms with Crippen molar-refractivity contribution in [3.8, 4) is 11.3 Å². The molecule has 2 N–H and O–H groups in total. The zero-order chi connectivity index (χ0) is 21.0. The topological polar surface area (TPSA) is 140 Å². The molecule has 0 atom stereocenters. The van der Waals surface area contributed by atoms with E-state index in [1.54, 1.807) is 17.5 Å².